The van der Waals surface area contributed by atoms with Crippen LogP contribution in [0.15, 0.2) is 24.3 Å². The minimum absolute atomic E-state index is 0.0555. The number of pyridine rings is 1. The van der Waals surface area contributed by atoms with E-state index in [9.17, 15) is 13.9 Å². The zero-order valence-corrected chi connectivity index (χ0v) is 23.1. The molecule has 0 radical (unpaired) electrons. The number of alkyl halides is 1. The van der Waals surface area contributed by atoms with E-state index in [1.165, 1.54) is 24.3 Å². The van der Waals surface area contributed by atoms with Gasteiger partial charge in [-0.25, -0.2) is 18.2 Å². The van der Waals surface area contributed by atoms with Crippen LogP contribution in [0.2, 0.25) is 0 Å². The highest BCUT2D eigenvalue weighted by atomic mass is 19.1. The van der Waals surface area contributed by atoms with Crippen molar-refractivity contribution >= 4 is 27.5 Å². The molecule has 0 spiro atoms. The first-order chi connectivity index (χ1) is 20.2. The van der Waals surface area contributed by atoms with Crippen molar-refractivity contribution in [3.8, 4) is 41.2 Å². The van der Waals surface area contributed by atoms with Crippen molar-refractivity contribution in [2.45, 2.75) is 43.9 Å². The Morgan fingerprint density at radius 2 is 2.05 bits per heavy atom. The fourth-order valence-corrected chi connectivity index (χ4v) is 6.63. The Hall–Kier alpha value is -4.30. The maximum atomic E-state index is 16.6. The number of nitrogens with zero attached hydrogens (tertiary/aromatic N) is 5. The molecule has 7 rings (SSSR count). The van der Waals surface area contributed by atoms with Crippen LogP contribution < -0.4 is 14.4 Å². The van der Waals surface area contributed by atoms with E-state index in [1.54, 1.807) is 0 Å². The summed E-state index contributed by atoms with van der Waals surface area (Å²) in [7, 11) is 1.81. The molecule has 1 N–H and O–H groups in total. The first kappa shape index (κ1) is 26.6. The van der Waals surface area contributed by atoms with E-state index >= 15 is 4.39 Å². The predicted molar refractivity (Wildman–Crippen MR) is 152 cm³/mol. The number of benzene rings is 2. The van der Waals surface area contributed by atoms with E-state index in [2.05, 4.69) is 25.8 Å². The molecule has 0 saturated carbocycles. The molecule has 0 aliphatic carbocycles. The smallest absolute Gasteiger partial charge is 0.319 e. The maximum Gasteiger partial charge on any atom is 0.319 e. The van der Waals surface area contributed by atoms with E-state index in [-0.39, 0.29) is 70.0 Å². The van der Waals surface area contributed by atoms with Gasteiger partial charge in [-0.05, 0) is 49.9 Å². The topological polar surface area (TPSA) is 83.8 Å². The van der Waals surface area contributed by atoms with Crippen molar-refractivity contribution in [2.24, 2.45) is 0 Å². The number of ether oxygens (including phenoxy) is 2. The van der Waals surface area contributed by atoms with Gasteiger partial charge in [-0.1, -0.05) is 12.0 Å². The number of anilines is 1. The van der Waals surface area contributed by atoms with Gasteiger partial charge in [0, 0.05) is 31.0 Å². The number of phenols is 1. The molecule has 2 aromatic heterocycles. The van der Waals surface area contributed by atoms with Crippen molar-refractivity contribution in [2.75, 3.05) is 38.3 Å². The summed E-state index contributed by atoms with van der Waals surface area (Å²) in [5.41, 5.74) is -0.770. The Balaban J connectivity index is 1.43. The second-order valence-corrected chi connectivity index (χ2v) is 11.4. The number of hydrogen-bond acceptors (Lipinski definition) is 8. The van der Waals surface area contributed by atoms with Crippen LogP contribution in [0.5, 0.6) is 17.6 Å². The summed E-state index contributed by atoms with van der Waals surface area (Å²) in [5, 5.41) is 11.4. The Labute approximate surface area is 240 Å². The molecule has 216 valence electrons. The first-order valence-electron chi connectivity index (χ1n) is 13.9. The summed E-state index contributed by atoms with van der Waals surface area (Å²) >= 11 is 0. The van der Waals surface area contributed by atoms with E-state index < -0.39 is 23.3 Å². The number of aromatic nitrogens is 3. The van der Waals surface area contributed by atoms with Gasteiger partial charge in [0.25, 0.3) is 0 Å². The molecule has 2 saturated heterocycles. The average Bonchev–Trinajstić information content (AvgIpc) is 3.46. The predicted octanol–water partition coefficient (Wildman–Crippen LogP) is 4.98. The normalized spacial score (nSPS) is 23.6. The van der Waals surface area contributed by atoms with Gasteiger partial charge in [-0.15, -0.1) is 6.42 Å². The molecule has 0 unspecified atom stereocenters. The molecular formula is C31H28F3N5O3. The van der Waals surface area contributed by atoms with Crippen LogP contribution >= 0.6 is 0 Å². The first-order valence-corrected chi connectivity index (χ1v) is 13.9. The molecule has 3 aliphatic heterocycles. The fourth-order valence-electron chi connectivity index (χ4n) is 6.63. The van der Waals surface area contributed by atoms with Gasteiger partial charge < -0.3 is 19.5 Å². The number of halogens is 3. The molecular weight excluding hydrogens is 547 g/mol. The fraction of sp³-hybridized carbons (Fsp3) is 0.387. The third kappa shape index (κ3) is 4.00. The number of terminal acetylenes is 1. The largest absolute Gasteiger partial charge is 0.508 e. The molecule has 8 nitrogen and oxygen atoms in total. The minimum atomic E-state index is -0.927. The average molecular weight is 576 g/mol. The Kier molecular flexibility index (Phi) is 6.10. The van der Waals surface area contributed by atoms with Crippen LogP contribution in [0.4, 0.5) is 19.0 Å². The third-order valence-corrected chi connectivity index (χ3v) is 8.85. The standard InChI is InChI=1S/C31H28F3N5O3/c1-4-20-22(33)7-6-17-10-19(40)11-21(23(17)20)26-25(34)27-24-28(38(3)16(2)14-41-29(24)35-26)37-30(36-27)42-15-31-8-5-9-39(31)13-18(32)12-31/h1,6-7,10-11,16,18,40H,5,8-9,12-15H2,2-3H3/t16-,18+,31-/m0/s1. The highest BCUT2D eigenvalue weighted by Gasteiger charge is 2.49. The van der Waals surface area contributed by atoms with E-state index in [0.29, 0.717) is 24.2 Å². The van der Waals surface area contributed by atoms with Crippen molar-refractivity contribution < 1.29 is 27.8 Å². The monoisotopic (exact) mass is 575 g/mol. The van der Waals surface area contributed by atoms with Crippen molar-refractivity contribution in [3.05, 3.63) is 41.5 Å². The number of fused-ring (bicyclic) bond motifs is 2. The number of aromatic hydroxyl groups is 1. The summed E-state index contributed by atoms with van der Waals surface area (Å²) in [6.45, 7) is 3.49. The molecule has 4 aromatic rings. The minimum Gasteiger partial charge on any atom is -0.508 e. The highest BCUT2D eigenvalue weighted by Crippen LogP contribution is 2.44. The lowest BCUT2D eigenvalue weighted by Crippen LogP contribution is -2.43. The number of hydrogen-bond donors (Lipinski definition) is 1. The molecule has 0 bridgehead atoms. The molecule has 11 heteroatoms. The Bertz CT molecular complexity index is 1810. The number of likely N-dealkylation sites (N-methyl/N-ethyl adjacent to an activating group) is 1. The van der Waals surface area contributed by atoms with Crippen LogP contribution in [0, 0.1) is 24.0 Å². The summed E-state index contributed by atoms with van der Waals surface area (Å²) in [4.78, 5) is 17.6. The molecule has 5 heterocycles. The Morgan fingerprint density at radius 1 is 1.21 bits per heavy atom. The van der Waals surface area contributed by atoms with Crippen LogP contribution in [-0.2, 0) is 0 Å². The van der Waals surface area contributed by atoms with E-state index in [4.69, 9.17) is 15.9 Å². The van der Waals surface area contributed by atoms with Crippen molar-refractivity contribution in [1.82, 2.24) is 19.9 Å². The SMILES string of the molecule is C#Cc1c(F)ccc2cc(O)cc(-c3nc4c5c(nc(OC[C@@]67CCCN6C[C@H](F)C7)nc5c3F)N(C)[C@@H](C)CO4)c12. The van der Waals surface area contributed by atoms with Crippen molar-refractivity contribution in [1.29, 1.82) is 0 Å². The van der Waals surface area contributed by atoms with E-state index in [1.807, 2.05) is 18.9 Å². The highest BCUT2D eigenvalue weighted by molar-refractivity contribution is 6.04. The summed E-state index contributed by atoms with van der Waals surface area (Å²) in [5.74, 6) is 1.14. The zero-order chi connectivity index (χ0) is 29.3. The van der Waals surface area contributed by atoms with Crippen LogP contribution in [0.1, 0.15) is 31.7 Å². The maximum absolute atomic E-state index is 16.6. The van der Waals surface area contributed by atoms with Gasteiger partial charge in [-0.2, -0.15) is 9.97 Å². The van der Waals surface area contributed by atoms with Crippen molar-refractivity contribution in [3.63, 3.8) is 0 Å². The molecule has 3 aliphatic rings. The molecule has 2 fully saturated rings. The van der Waals surface area contributed by atoms with Crippen LogP contribution in [0.25, 0.3) is 32.9 Å². The van der Waals surface area contributed by atoms with Crippen LogP contribution in [-0.4, -0.2) is 76.1 Å². The van der Waals surface area contributed by atoms with E-state index in [0.717, 1.165) is 19.4 Å². The second kappa shape index (κ2) is 9.63. The summed E-state index contributed by atoms with van der Waals surface area (Å²) < 4.78 is 57.9. The quantitative estimate of drug-likeness (QED) is 0.341. The lowest BCUT2D eigenvalue weighted by Gasteiger charge is -2.31. The summed E-state index contributed by atoms with van der Waals surface area (Å²) in [6.07, 6.45) is 6.84. The Morgan fingerprint density at radius 3 is 2.86 bits per heavy atom. The van der Waals surface area contributed by atoms with Gasteiger partial charge in [0.05, 0.1) is 17.1 Å². The molecule has 42 heavy (non-hydrogen) atoms. The van der Waals surface area contributed by atoms with Gasteiger partial charge in [-0.3, -0.25) is 4.90 Å². The second-order valence-electron chi connectivity index (χ2n) is 11.4. The third-order valence-electron chi connectivity index (χ3n) is 8.85. The van der Waals surface area contributed by atoms with Crippen LogP contribution in [0.3, 0.4) is 0 Å². The molecule has 0 amide bonds. The lowest BCUT2D eigenvalue weighted by atomic mass is 9.95. The zero-order valence-electron chi connectivity index (χ0n) is 23.1. The molecule has 3 atom stereocenters. The van der Waals surface area contributed by atoms with Gasteiger partial charge in [0.15, 0.2) is 5.82 Å². The molecule has 2 aromatic carbocycles. The summed E-state index contributed by atoms with van der Waals surface area (Å²) in [6, 6.07) is 5.15. The van der Waals surface area contributed by atoms with Gasteiger partial charge in [0.2, 0.25) is 5.88 Å². The lowest BCUT2D eigenvalue weighted by molar-refractivity contribution is 0.107. The number of phenolic OH excluding ortho intramolecular Hbond substituents is 1. The number of rotatable bonds is 4. The van der Waals surface area contributed by atoms with Gasteiger partial charge >= 0.3 is 6.01 Å². The van der Waals surface area contributed by atoms with Gasteiger partial charge in [0.1, 0.15) is 53.4 Å².